The summed E-state index contributed by atoms with van der Waals surface area (Å²) in [6.07, 6.45) is 11.6. The van der Waals surface area contributed by atoms with E-state index >= 15 is 0 Å². The molecule has 0 amide bonds. The Kier molecular flexibility index (Phi) is 9.15. The lowest BCUT2D eigenvalue weighted by Gasteiger charge is -2.02. The molecule has 0 saturated heterocycles. The molecule has 86 valence electrons. The Hall–Kier alpha value is -0.850. The summed E-state index contributed by atoms with van der Waals surface area (Å²) in [6, 6.07) is 0. The van der Waals surface area contributed by atoms with Crippen LogP contribution in [0, 0.1) is 0 Å². The zero-order valence-electron chi connectivity index (χ0n) is 10.6. The number of hydrogen-bond donors (Lipinski definition) is 0. The summed E-state index contributed by atoms with van der Waals surface area (Å²) in [4.78, 5) is 4.36. The largest absolute Gasteiger partial charge is 0.266 e. The van der Waals surface area contributed by atoms with E-state index in [1.54, 1.807) is 0 Å². The van der Waals surface area contributed by atoms with Crippen LogP contribution in [0.1, 0.15) is 59.3 Å². The van der Waals surface area contributed by atoms with Gasteiger partial charge in [0.15, 0.2) is 0 Å². The molecule has 0 radical (unpaired) electrons. The fourth-order valence-electron chi connectivity index (χ4n) is 1.53. The maximum absolute atomic E-state index is 4.36. The van der Waals surface area contributed by atoms with Crippen LogP contribution in [-0.4, -0.2) is 6.21 Å². The highest BCUT2D eigenvalue weighted by molar-refractivity contribution is 5.55. The average molecular weight is 207 g/mol. The first-order chi connectivity index (χ1) is 7.20. The summed E-state index contributed by atoms with van der Waals surface area (Å²) in [5.74, 6) is 0. The van der Waals surface area contributed by atoms with Crippen molar-refractivity contribution < 1.29 is 0 Å². The smallest absolute Gasteiger partial charge is 0.0401 e. The van der Waals surface area contributed by atoms with E-state index in [0.29, 0.717) is 0 Å². The molecule has 0 unspecified atom stereocenters. The summed E-state index contributed by atoms with van der Waals surface area (Å²) in [7, 11) is 0. The van der Waals surface area contributed by atoms with Gasteiger partial charge in [-0.3, -0.25) is 4.99 Å². The summed E-state index contributed by atoms with van der Waals surface area (Å²) in [5, 5.41) is 0. The van der Waals surface area contributed by atoms with Gasteiger partial charge in [0, 0.05) is 11.9 Å². The standard InChI is InChI=1S/C14H25N/c1-5-7-8-9-10-11-14(15-6-2)12-13(3)4/h6,12H,3,5,7-11H2,1-2,4H3/b14-12-,15-6?. The lowest BCUT2D eigenvalue weighted by Crippen LogP contribution is -1.84. The average Bonchev–Trinajstić information content (AvgIpc) is 2.17. The third kappa shape index (κ3) is 9.45. The molecular weight excluding hydrogens is 182 g/mol. The molecule has 0 heterocycles. The summed E-state index contributed by atoms with van der Waals surface area (Å²) >= 11 is 0. The molecule has 0 aromatic heterocycles. The van der Waals surface area contributed by atoms with Crippen molar-refractivity contribution in [3.8, 4) is 0 Å². The molecule has 1 nitrogen and oxygen atoms in total. The molecule has 0 spiro atoms. The van der Waals surface area contributed by atoms with Crippen molar-refractivity contribution in [3.05, 3.63) is 23.9 Å². The third-order valence-electron chi connectivity index (χ3n) is 2.24. The van der Waals surface area contributed by atoms with Crippen LogP contribution < -0.4 is 0 Å². The third-order valence-corrected chi connectivity index (χ3v) is 2.24. The first kappa shape index (κ1) is 14.2. The van der Waals surface area contributed by atoms with E-state index in [2.05, 4.69) is 24.6 Å². The maximum Gasteiger partial charge on any atom is 0.0401 e. The molecule has 0 N–H and O–H groups in total. The normalized spacial score (nSPS) is 12.3. The van der Waals surface area contributed by atoms with Gasteiger partial charge >= 0.3 is 0 Å². The number of unbranched alkanes of at least 4 members (excludes halogenated alkanes) is 4. The van der Waals surface area contributed by atoms with E-state index in [1.165, 1.54) is 37.8 Å². The maximum atomic E-state index is 4.36. The fraction of sp³-hybridized carbons (Fsp3) is 0.643. The number of allylic oxidation sites excluding steroid dienone is 3. The summed E-state index contributed by atoms with van der Waals surface area (Å²) in [6.45, 7) is 10.1. The minimum atomic E-state index is 1.08. The van der Waals surface area contributed by atoms with Crippen molar-refractivity contribution in [2.45, 2.75) is 59.3 Å². The van der Waals surface area contributed by atoms with Gasteiger partial charge in [-0.25, -0.2) is 0 Å². The van der Waals surface area contributed by atoms with Gasteiger partial charge in [-0.15, -0.1) is 0 Å². The van der Waals surface area contributed by atoms with Crippen molar-refractivity contribution in [3.63, 3.8) is 0 Å². The molecule has 0 bridgehead atoms. The van der Waals surface area contributed by atoms with Crippen molar-refractivity contribution in [1.29, 1.82) is 0 Å². The zero-order chi connectivity index (χ0) is 11.5. The van der Waals surface area contributed by atoms with Crippen LogP contribution in [0.3, 0.4) is 0 Å². The number of hydrogen-bond acceptors (Lipinski definition) is 1. The van der Waals surface area contributed by atoms with Gasteiger partial charge < -0.3 is 0 Å². The lowest BCUT2D eigenvalue weighted by atomic mass is 10.1. The highest BCUT2D eigenvalue weighted by Gasteiger charge is 1.95. The van der Waals surface area contributed by atoms with Crippen LogP contribution in [0.4, 0.5) is 0 Å². The predicted molar refractivity (Wildman–Crippen MR) is 70.4 cm³/mol. The number of aliphatic imine (C=N–C) groups is 1. The van der Waals surface area contributed by atoms with Gasteiger partial charge in [0.2, 0.25) is 0 Å². The van der Waals surface area contributed by atoms with Crippen LogP contribution in [0.25, 0.3) is 0 Å². The highest BCUT2D eigenvalue weighted by atomic mass is 14.7. The highest BCUT2D eigenvalue weighted by Crippen LogP contribution is 2.13. The second-order valence-corrected chi connectivity index (χ2v) is 4.03. The molecule has 0 saturated carbocycles. The predicted octanol–water partition coefficient (Wildman–Crippen LogP) is 4.90. The molecule has 15 heavy (non-hydrogen) atoms. The van der Waals surface area contributed by atoms with Gasteiger partial charge in [0.05, 0.1) is 0 Å². The van der Waals surface area contributed by atoms with Gasteiger partial charge in [-0.2, -0.15) is 0 Å². The molecule has 0 aromatic carbocycles. The molecule has 0 aliphatic heterocycles. The molecule has 1 heteroatoms. The lowest BCUT2D eigenvalue weighted by molar-refractivity contribution is 0.629. The minimum Gasteiger partial charge on any atom is -0.266 e. The second-order valence-electron chi connectivity index (χ2n) is 4.03. The molecule has 0 aliphatic carbocycles. The van der Waals surface area contributed by atoms with Crippen LogP contribution in [0.2, 0.25) is 0 Å². The Balaban J connectivity index is 3.82. The van der Waals surface area contributed by atoms with Crippen LogP contribution in [0.15, 0.2) is 28.9 Å². The summed E-state index contributed by atoms with van der Waals surface area (Å²) in [5.41, 5.74) is 2.26. The Morgan fingerprint density at radius 1 is 1.20 bits per heavy atom. The number of rotatable bonds is 8. The van der Waals surface area contributed by atoms with E-state index in [0.717, 1.165) is 12.0 Å². The van der Waals surface area contributed by atoms with Gasteiger partial charge in [0.25, 0.3) is 0 Å². The van der Waals surface area contributed by atoms with Crippen LogP contribution in [0.5, 0.6) is 0 Å². The SMILES string of the molecule is C=C(C)/C=C(/CCCCCCC)N=CC. The van der Waals surface area contributed by atoms with Crippen LogP contribution >= 0.6 is 0 Å². The van der Waals surface area contributed by atoms with Crippen molar-refractivity contribution in [1.82, 2.24) is 0 Å². The van der Waals surface area contributed by atoms with E-state index in [-0.39, 0.29) is 0 Å². The Labute approximate surface area is 95.0 Å². The van der Waals surface area contributed by atoms with Crippen molar-refractivity contribution >= 4 is 6.21 Å². The minimum absolute atomic E-state index is 1.08. The van der Waals surface area contributed by atoms with E-state index < -0.39 is 0 Å². The Morgan fingerprint density at radius 3 is 2.40 bits per heavy atom. The molecule has 0 fully saturated rings. The molecule has 0 atom stereocenters. The van der Waals surface area contributed by atoms with E-state index in [9.17, 15) is 0 Å². The van der Waals surface area contributed by atoms with Gasteiger partial charge in [0.1, 0.15) is 0 Å². The molecule has 0 rings (SSSR count). The second kappa shape index (κ2) is 9.70. The van der Waals surface area contributed by atoms with E-state index in [4.69, 9.17) is 0 Å². The topological polar surface area (TPSA) is 12.4 Å². The fourth-order valence-corrected chi connectivity index (χ4v) is 1.53. The Bertz CT molecular complexity index is 223. The van der Waals surface area contributed by atoms with Crippen LogP contribution in [-0.2, 0) is 0 Å². The van der Waals surface area contributed by atoms with E-state index in [1.807, 2.05) is 20.1 Å². The van der Waals surface area contributed by atoms with Gasteiger partial charge in [-0.1, -0.05) is 44.8 Å². The first-order valence-corrected chi connectivity index (χ1v) is 6.05. The molecule has 0 aliphatic rings. The first-order valence-electron chi connectivity index (χ1n) is 6.05. The number of nitrogens with zero attached hydrogens (tertiary/aromatic N) is 1. The van der Waals surface area contributed by atoms with Crippen molar-refractivity contribution in [2.75, 3.05) is 0 Å². The molecule has 0 aromatic rings. The van der Waals surface area contributed by atoms with Gasteiger partial charge in [-0.05, 0) is 32.8 Å². The van der Waals surface area contributed by atoms with Crippen molar-refractivity contribution in [2.24, 2.45) is 4.99 Å². The Morgan fingerprint density at radius 2 is 1.87 bits per heavy atom. The quantitative estimate of drug-likeness (QED) is 0.305. The zero-order valence-corrected chi connectivity index (χ0v) is 10.6. The molecular formula is C14H25N. The summed E-state index contributed by atoms with van der Waals surface area (Å²) < 4.78 is 0. The monoisotopic (exact) mass is 207 g/mol.